The third-order valence-electron chi connectivity index (χ3n) is 3.88. The standard InChI is InChI=1S/C18H17BrN2O3S/c1-2-21-11-17(15-5-3-4-6-16(15)21)25(23,24)12-18(22)20-14-9-7-13(19)8-10-14/h3-11H,2,12H2,1H3,(H,20,22). The highest BCUT2D eigenvalue weighted by Gasteiger charge is 2.24. The zero-order chi connectivity index (χ0) is 18.0. The second-order valence-corrected chi connectivity index (χ2v) is 8.48. The summed E-state index contributed by atoms with van der Waals surface area (Å²) in [6.07, 6.45) is 1.60. The van der Waals surface area contributed by atoms with E-state index in [-0.39, 0.29) is 4.90 Å². The van der Waals surface area contributed by atoms with Crippen molar-refractivity contribution in [1.29, 1.82) is 0 Å². The van der Waals surface area contributed by atoms with Gasteiger partial charge >= 0.3 is 0 Å². The molecule has 1 amide bonds. The normalized spacial score (nSPS) is 11.6. The van der Waals surface area contributed by atoms with Crippen LogP contribution < -0.4 is 5.32 Å². The topological polar surface area (TPSA) is 68.2 Å². The number of aryl methyl sites for hydroxylation is 1. The van der Waals surface area contributed by atoms with E-state index in [1.807, 2.05) is 23.6 Å². The molecule has 25 heavy (non-hydrogen) atoms. The fraction of sp³-hybridized carbons (Fsp3) is 0.167. The molecule has 7 heteroatoms. The van der Waals surface area contributed by atoms with Crippen molar-refractivity contribution in [2.45, 2.75) is 18.4 Å². The fourth-order valence-electron chi connectivity index (χ4n) is 2.70. The summed E-state index contributed by atoms with van der Waals surface area (Å²) in [4.78, 5) is 12.4. The van der Waals surface area contributed by atoms with Gasteiger partial charge in [0.05, 0.1) is 4.90 Å². The zero-order valence-corrected chi connectivity index (χ0v) is 16.0. The number of nitrogens with zero attached hydrogens (tertiary/aromatic N) is 1. The van der Waals surface area contributed by atoms with E-state index >= 15 is 0 Å². The molecule has 3 aromatic rings. The Morgan fingerprint density at radius 1 is 1.12 bits per heavy atom. The van der Waals surface area contributed by atoms with Gasteiger partial charge in [-0.15, -0.1) is 0 Å². The average molecular weight is 421 g/mol. The van der Waals surface area contributed by atoms with Crippen LogP contribution in [0.2, 0.25) is 0 Å². The molecule has 0 aliphatic rings. The van der Waals surface area contributed by atoms with Crippen LogP contribution in [0.15, 0.2) is 64.1 Å². The SMILES string of the molecule is CCn1cc(S(=O)(=O)CC(=O)Nc2ccc(Br)cc2)c2ccccc21. The van der Waals surface area contributed by atoms with Gasteiger partial charge in [0.15, 0.2) is 9.84 Å². The van der Waals surface area contributed by atoms with Crippen LogP contribution in [0.1, 0.15) is 6.92 Å². The van der Waals surface area contributed by atoms with Crippen molar-refractivity contribution in [2.24, 2.45) is 0 Å². The van der Waals surface area contributed by atoms with Crippen molar-refractivity contribution in [3.05, 3.63) is 59.2 Å². The molecule has 0 saturated heterocycles. The molecule has 0 aliphatic heterocycles. The van der Waals surface area contributed by atoms with Crippen LogP contribution in [0.3, 0.4) is 0 Å². The van der Waals surface area contributed by atoms with E-state index in [0.717, 1.165) is 9.99 Å². The highest BCUT2D eigenvalue weighted by atomic mass is 79.9. The minimum atomic E-state index is -3.75. The Hall–Kier alpha value is -2.12. The monoisotopic (exact) mass is 420 g/mol. The Morgan fingerprint density at radius 3 is 2.48 bits per heavy atom. The first-order chi connectivity index (χ1) is 11.9. The fourth-order valence-corrected chi connectivity index (χ4v) is 4.34. The van der Waals surface area contributed by atoms with Gasteiger partial charge in [-0.25, -0.2) is 8.42 Å². The maximum atomic E-state index is 12.7. The van der Waals surface area contributed by atoms with Crippen molar-refractivity contribution in [2.75, 3.05) is 11.1 Å². The number of fused-ring (bicyclic) bond motifs is 1. The van der Waals surface area contributed by atoms with Crippen LogP contribution in [-0.2, 0) is 21.2 Å². The summed E-state index contributed by atoms with van der Waals surface area (Å²) in [5.74, 6) is -1.16. The van der Waals surface area contributed by atoms with Crippen LogP contribution in [0.25, 0.3) is 10.9 Å². The molecule has 3 rings (SSSR count). The number of carbonyl (C=O) groups is 1. The number of carbonyl (C=O) groups excluding carboxylic acids is 1. The summed E-state index contributed by atoms with van der Waals surface area (Å²) in [6.45, 7) is 2.60. The van der Waals surface area contributed by atoms with Crippen LogP contribution in [0, 0.1) is 0 Å². The predicted octanol–water partition coefficient (Wildman–Crippen LogP) is 3.84. The van der Waals surface area contributed by atoms with Crippen molar-refractivity contribution < 1.29 is 13.2 Å². The van der Waals surface area contributed by atoms with Gasteiger partial charge in [0.2, 0.25) is 5.91 Å². The second-order valence-electron chi connectivity index (χ2n) is 5.61. The molecule has 1 N–H and O–H groups in total. The third kappa shape index (κ3) is 3.77. The smallest absolute Gasteiger partial charge is 0.239 e. The van der Waals surface area contributed by atoms with Gasteiger partial charge in [-0.3, -0.25) is 4.79 Å². The van der Waals surface area contributed by atoms with E-state index in [4.69, 9.17) is 0 Å². The van der Waals surface area contributed by atoms with Crippen LogP contribution in [0.4, 0.5) is 5.69 Å². The number of benzene rings is 2. The minimum absolute atomic E-state index is 0.191. The Labute approximate surface area is 154 Å². The molecule has 0 aliphatic carbocycles. The van der Waals surface area contributed by atoms with E-state index in [2.05, 4.69) is 21.2 Å². The van der Waals surface area contributed by atoms with Crippen LogP contribution in [0.5, 0.6) is 0 Å². The molecule has 0 spiro atoms. The Balaban J connectivity index is 1.87. The van der Waals surface area contributed by atoms with E-state index < -0.39 is 21.5 Å². The summed E-state index contributed by atoms with van der Waals surface area (Å²) in [5, 5.41) is 3.26. The molecule has 0 fully saturated rings. The maximum absolute atomic E-state index is 12.7. The second kappa shape index (κ2) is 7.01. The van der Waals surface area contributed by atoms with Gasteiger partial charge < -0.3 is 9.88 Å². The Kier molecular flexibility index (Phi) is 4.96. The molecule has 5 nitrogen and oxygen atoms in total. The lowest BCUT2D eigenvalue weighted by atomic mass is 10.2. The third-order valence-corrected chi connectivity index (χ3v) is 6.04. The molecule has 2 aromatic carbocycles. The predicted molar refractivity (Wildman–Crippen MR) is 102 cm³/mol. The number of aromatic nitrogens is 1. The van der Waals surface area contributed by atoms with E-state index in [1.54, 1.807) is 42.6 Å². The summed E-state index contributed by atoms with van der Waals surface area (Å²) >= 11 is 3.31. The number of rotatable bonds is 5. The lowest BCUT2D eigenvalue weighted by Gasteiger charge is -2.06. The van der Waals surface area contributed by atoms with Gasteiger partial charge in [-0.2, -0.15) is 0 Å². The molecule has 0 saturated carbocycles. The van der Waals surface area contributed by atoms with E-state index in [1.165, 1.54) is 0 Å². The van der Waals surface area contributed by atoms with Crippen LogP contribution in [-0.4, -0.2) is 24.6 Å². The van der Waals surface area contributed by atoms with Gasteiger partial charge in [-0.1, -0.05) is 34.1 Å². The minimum Gasteiger partial charge on any atom is -0.346 e. The number of anilines is 1. The van der Waals surface area contributed by atoms with Crippen molar-refractivity contribution in [1.82, 2.24) is 4.57 Å². The van der Waals surface area contributed by atoms with Gasteiger partial charge in [0.25, 0.3) is 0 Å². The maximum Gasteiger partial charge on any atom is 0.239 e. The molecule has 0 atom stereocenters. The largest absolute Gasteiger partial charge is 0.346 e. The average Bonchev–Trinajstić information content (AvgIpc) is 2.96. The first-order valence-corrected chi connectivity index (χ1v) is 10.2. The molecule has 130 valence electrons. The van der Waals surface area contributed by atoms with Crippen molar-refractivity contribution in [3.63, 3.8) is 0 Å². The van der Waals surface area contributed by atoms with E-state index in [0.29, 0.717) is 17.6 Å². The molecule has 1 heterocycles. The number of para-hydroxylation sites is 1. The number of nitrogens with one attached hydrogen (secondary N) is 1. The number of hydrogen-bond acceptors (Lipinski definition) is 3. The Bertz CT molecular complexity index is 1020. The summed E-state index contributed by atoms with van der Waals surface area (Å²) in [5.41, 5.74) is 1.40. The molecule has 0 radical (unpaired) electrons. The lowest BCUT2D eigenvalue weighted by molar-refractivity contribution is -0.113. The Morgan fingerprint density at radius 2 is 1.80 bits per heavy atom. The van der Waals surface area contributed by atoms with Gasteiger partial charge in [0, 0.05) is 33.8 Å². The summed E-state index contributed by atoms with van der Waals surface area (Å²) in [7, 11) is -3.75. The number of amides is 1. The van der Waals surface area contributed by atoms with Crippen molar-refractivity contribution >= 4 is 48.3 Å². The highest BCUT2D eigenvalue weighted by Crippen LogP contribution is 2.26. The highest BCUT2D eigenvalue weighted by molar-refractivity contribution is 9.10. The molecule has 1 aromatic heterocycles. The molecule has 0 bridgehead atoms. The number of hydrogen-bond donors (Lipinski definition) is 1. The van der Waals surface area contributed by atoms with Crippen molar-refractivity contribution in [3.8, 4) is 0 Å². The first-order valence-electron chi connectivity index (χ1n) is 7.77. The van der Waals surface area contributed by atoms with Gasteiger partial charge in [-0.05, 0) is 37.3 Å². The molecular formula is C18H17BrN2O3S. The molecule has 0 unspecified atom stereocenters. The summed E-state index contributed by atoms with van der Waals surface area (Å²) in [6, 6.07) is 14.3. The van der Waals surface area contributed by atoms with Gasteiger partial charge in [0.1, 0.15) is 5.75 Å². The summed E-state index contributed by atoms with van der Waals surface area (Å²) < 4.78 is 28.2. The van der Waals surface area contributed by atoms with E-state index in [9.17, 15) is 13.2 Å². The number of halogens is 1. The number of sulfone groups is 1. The zero-order valence-electron chi connectivity index (χ0n) is 13.6. The lowest BCUT2D eigenvalue weighted by Crippen LogP contribution is -2.22. The quantitative estimate of drug-likeness (QED) is 0.681. The van der Waals surface area contributed by atoms with Crippen LogP contribution >= 0.6 is 15.9 Å². The molecular weight excluding hydrogens is 404 g/mol. The first kappa shape index (κ1) is 17.7.